The molecule has 0 saturated heterocycles. The molecule has 0 aliphatic rings. The second-order valence-electron chi connectivity index (χ2n) is 3.28. The minimum atomic E-state index is -7.10. The third kappa shape index (κ3) is 3.92. The Morgan fingerprint density at radius 1 is 0.571 bits per heavy atom. The lowest BCUT2D eigenvalue weighted by Crippen LogP contribution is -2.60. The molecule has 1 atom stereocenters. The second kappa shape index (κ2) is 5.59. The van der Waals surface area contributed by atoms with Crippen LogP contribution in [0.4, 0.5) is 52.7 Å². The van der Waals surface area contributed by atoms with Crippen LogP contribution < -0.4 is 0 Å². The zero-order valence-corrected chi connectivity index (χ0v) is 13.0. The summed E-state index contributed by atoms with van der Waals surface area (Å²) in [5.74, 6) is -13.2. The highest BCUT2D eigenvalue weighted by atomic mass is 127. The van der Waals surface area contributed by atoms with Gasteiger partial charge < -0.3 is 0 Å². The molecule has 0 N–H and O–H groups in total. The lowest BCUT2D eigenvalue weighted by atomic mass is 10.3. The van der Waals surface area contributed by atoms with Crippen molar-refractivity contribution in [2.24, 2.45) is 0 Å². The highest BCUT2D eigenvalue weighted by Gasteiger charge is 2.80. The molecule has 0 heterocycles. The monoisotopic (exact) mass is 570 g/mol. The first-order valence-electron chi connectivity index (χ1n) is 4.05. The molecule has 0 aliphatic carbocycles. The van der Waals surface area contributed by atoms with E-state index in [0.717, 1.165) is 0 Å². The molecule has 0 amide bonds. The largest absolute Gasteiger partial charge is 0.462 e. The van der Waals surface area contributed by atoms with Crippen LogP contribution in [0.3, 0.4) is 0 Å². The summed E-state index contributed by atoms with van der Waals surface area (Å²) in [7, 11) is 0. The topological polar surface area (TPSA) is 9.23 Å². The normalized spacial score (nSPS) is 18.6. The van der Waals surface area contributed by atoms with Gasteiger partial charge >= 0.3 is 31.9 Å². The third-order valence-electron chi connectivity index (χ3n) is 1.70. The van der Waals surface area contributed by atoms with E-state index in [1.807, 2.05) is 0 Å². The average molecular weight is 570 g/mol. The van der Waals surface area contributed by atoms with E-state index >= 15 is 0 Å². The van der Waals surface area contributed by atoms with E-state index in [2.05, 4.69) is 4.74 Å². The van der Waals surface area contributed by atoms with E-state index < -0.39 is 77.1 Å². The first kappa shape index (κ1) is 21.6. The summed E-state index contributed by atoms with van der Waals surface area (Å²) in [6.07, 6.45) is -13.9. The third-order valence-corrected chi connectivity index (χ3v) is 3.27. The predicted octanol–water partition coefficient (Wildman–Crippen LogP) is 5.51. The molecular weight excluding hydrogens is 570 g/mol. The van der Waals surface area contributed by atoms with Crippen molar-refractivity contribution in [3.63, 3.8) is 0 Å². The summed E-state index contributed by atoms with van der Waals surface area (Å²) in [5, 5.41) is 0. The SMILES string of the molecule is FC(F)(F)C(F)(F)C(F)(F)OC(F)(I)C(F)(F)C(F)(F)I. The summed E-state index contributed by atoms with van der Waals surface area (Å²) in [6.45, 7) is 0. The van der Waals surface area contributed by atoms with Crippen LogP contribution in [0.25, 0.3) is 0 Å². The Balaban J connectivity index is 5.65. The van der Waals surface area contributed by atoms with Gasteiger partial charge in [-0.25, -0.2) is 0 Å². The van der Waals surface area contributed by atoms with Gasteiger partial charge in [0.2, 0.25) is 0 Å². The fourth-order valence-electron chi connectivity index (χ4n) is 0.619. The standard InChI is InChI=1S/C6F12I2O/c7-1(8,3(11,12)13)5(16,17)21-6(18,20)2(9,10)4(14,15)19. The molecule has 0 fully saturated rings. The Labute approximate surface area is 134 Å². The average Bonchev–Trinajstić information content (AvgIpc) is 2.11. The van der Waals surface area contributed by atoms with Crippen LogP contribution in [0.5, 0.6) is 0 Å². The van der Waals surface area contributed by atoms with Crippen LogP contribution in [0.15, 0.2) is 0 Å². The number of alkyl halides is 14. The van der Waals surface area contributed by atoms with Crippen molar-refractivity contribution in [2.75, 3.05) is 0 Å². The van der Waals surface area contributed by atoms with Crippen molar-refractivity contribution in [3.8, 4) is 0 Å². The molecule has 0 rings (SSSR count). The van der Waals surface area contributed by atoms with Crippen LogP contribution in [0, 0.1) is 0 Å². The molecule has 0 aromatic heterocycles. The molecule has 15 heteroatoms. The molecule has 1 unspecified atom stereocenters. The summed E-state index contributed by atoms with van der Waals surface area (Å²) >= 11 is -0.997. The van der Waals surface area contributed by atoms with Gasteiger partial charge in [0.25, 0.3) is 0 Å². The molecule has 0 spiro atoms. The van der Waals surface area contributed by atoms with E-state index in [0.29, 0.717) is 0 Å². The Kier molecular flexibility index (Phi) is 5.74. The molecule has 0 aromatic carbocycles. The maximum Gasteiger partial charge on any atom is 0.462 e. The highest BCUT2D eigenvalue weighted by molar-refractivity contribution is 14.1. The zero-order valence-electron chi connectivity index (χ0n) is 8.70. The summed E-state index contributed by atoms with van der Waals surface area (Å²) in [4.78, 5) is 0. The maximum absolute atomic E-state index is 13.1. The minimum Gasteiger partial charge on any atom is -0.263 e. The quantitative estimate of drug-likeness (QED) is 0.241. The Bertz CT molecular complexity index is 346. The number of hydrogen-bond acceptors (Lipinski definition) is 1. The van der Waals surface area contributed by atoms with E-state index in [-0.39, 0.29) is 0 Å². The van der Waals surface area contributed by atoms with E-state index in [9.17, 15) is 52.7 Å². The first-order valence-corrected chi connectivity index (χ1v) is 6.21. The minimum absolute atomic E-state index is 0.430. The summed E-state index contributed by atoms with van der Waals surface area (Å²) in [5.41, 5.74) is 0. The van der Waals surface area contributed by atoms with Gasteiger partial charge in [-0.1, -0.05) is 0 Å². The van der Waals surface area contributed by atoms with Crippen LogP contribution >= 0.6 is 45.2 Å². The van der Waals surface area contributed by atoms with Crippen molar-refractivity contribution in [1.29, 1.82) is 0 Å². The number of halogens is 14. The van der Waals surface area contributed by atoms with Crippen LogP contribution in [-0.2, 0) is 4.74 Å². The Morgan fingerprint density at radius 3 is 1.14 bits per heavy atom. The summed E-state index contributed by atoms with van der Waals surface area (Å²) < 4.78 is 139. The van der Waals surface area contributed by atoms with Crippen molar-refractivity contribution >= 4 is 45.2 Å². The lowest BCUT2D eigenvalue weighted by Gasteiger charge is -2.36. The van der Waals surface area contributed by atoms with Gasteiger partial charge in [0.05, 0.1) is 0 Å². The molecule has 0 saturated carbocycles. The number of hydrogen-bond donors (Lipinski definition) is 0. The molecule has 1 nitrogen and oxygen atoms in total. The van der Waals surface area contributed by atoms with Gasteiger partial charge in [-0.15, -0.1) is 0 Å². The summed E-state index contributed by atoms with van der Waals surface area (Å²) in [6, 6.07) is 0. The second-order valence-corrected chi connectivity index (χ2v) is 6.02. The van der Waals surface area contributed by atoms with Crippen LogP contribution in [-0.4, -0.2) is 31.9 Å². The van der Waals surface area contributed by atoms with Crippen LogP contribution in [0.1, 0.15) is 0 Å². The van der Waals surface area contributed by atoms with Crippen molar-refractivity contribution in [3.05, 3.63) is 0 Å². The van der Waals surface area contributed by atoms with E-state index in [1.165, 1.54) is 0 Å². The molecule has 0 radical (unpaired) electrons. The number of ether oxygens (including phenoxy) is 1. The molecule has 0 aliphatic heterocycles. The Hall–Kier alpha value is 0.580. The first-order chi connectivity index (χ1) is 8.71. The molecule has 0 bridgehead atoms. The van der Waals surface area contributed by atoms with Crippen molar-refractivity contribution in [1.82, 2.24) is 0 Å². The van der Waals surface area contributed by atoms with Gasteiger partial charge in [-0.05, 0) is 0 Å². The molecular formula is C6F12I2O. The predicted molar refractivity (Wildman–Crippen MR) is 58.8 cm³/mol. The molecule has 0 aromatic rings. The van der Waals surface area contributed by atoms with Gasteiger partial charge in [0.1, 0.15) is 0 Å². The Morgan fingerprint density at radius 2 is 0.905 bits per heavy atom. The van der Waals surface area contributed by atoms with Gasteiger partial charge in [0, 0.05) is 45.2 Å². The zero-order chi connectivity index (χ0) is 17.7. The maximum atomic E-state index is 13.1. The van der Waals surface area contributed by atoms with Gasteiger partial charge in [0.15, 0.2) is 0 Å². The van der Waals surface area contributed by atoms with Gasteiger partial charge in [-0.3, -0.25) is 4.74 Å². The van der Waals surface area contributed by atoms with Gasteiger partial charge in [-0.2, -0.15) is 52.7 Å². The molecule has 21 heavy (non-hydrogen) atoms. The smallest absolute Gasteiger partial charge is 0.263 e. The van der Waals surface area contributed by atoms with Crippen LogP contribution in [0.2, 0.25) is 0 Å². The number of rotatable bonds is 5. The highest BCUT2D eigenvalue weighted by Crippen LogP contribution is 2.56. The lowest BCUT2D eigenvalue weighted by molar-refractivity contribution is -0.457. The van der Waals surface area contributed by atoms with E-state index in [1.54, 1.807) is 0 Å². The fraction of sp³-hybridized carbons (Fsp3) is 1.00. The van der Waals surface area contributed by atoms with E-state index in [4.69, 9.17) is 0 Å². The van der Waals surface area contributed by atoms with Crippen molar-refractivity contribution in [2.45, 2.75) is 31.9 Å². The fourth-order valence-corrected chi connectivity index (χ4v) is 2.10. The van der Waals surface area contributed by atoms with Crippen molar-refractivity contribution < 1.29 is 57.4 Å². The molecule has 128 valence electrons.